The Morgan fingerprint density at radius 3 is 1.69 bits per heavy atom. The minimum absolute atomic E-state index is 0.283. The summed E-state index contributed by atoms with van der Waals surface area (Å²) in [5.74, 6) is 0.910. The summed E-state index contributed by atoms with van der Waals surface area (Å²) < 4.78 is 4.91. The number of aliphatic hydroxyl groups excluding tert-OH is 2. The molecule has 0 radical (unpaired) electrons. The van der Waals surface area contributed by atoms with Gasteiger partial charge in [0.25, 0.3) is 0 Å². The van der Waals surface area contributed by atoms with E-state index >= 15 is 0 Å². The van der Waals surface area contributed by atoms with Crippen molar-refractivity contribution in [2.75, 3.05) is 20.3 Å². The van der Waals surface area contributed by atoms with Crippen LogP contribution in [0, 0.1) is 0 Å². The fraction of sp³-hybridized carbons (Fsp3) is 0.538. The molecule has 0 spiro atoms. The predicted octanol–water partition coefficient (Wildman–Crippen LogP) is 2.23. The van der Waals surface area contributed by atoms with Crippen LogP contribution in [-0.4, -0.2) is 30.5 Å². The number of hydrogen-bond donors (Lipinski definition) is 2. The summed E-state index contributed by atoms with van der Waals surface area (Å²) in [4.78, 5) is 0. The van der Waals surface area contributed by atoms with Crippen LogP contribution in [0.3, 0.4) is 0 Å². The highest BCUT2D eigenvalue weighted by Crippen LogP contribution is 2.05. The second kappa shape index (κ2) is 12.0. The quantitative estimate of drug-likeness (QED) is 0.731. The molecule has 0 saturated heterocycles. The maximum atomic E-state index is 8.30. The summed E-state index contributed by atoms with van der Waals surface area (Å²) in [6.07, 6.45) is 3.83. The SMILES string of the molecule is COc1ccccc1.OCCCCCCO. The third kappa shape index (κ3) is 9.49. The van der Waals surface area contributed by atoms with Crippen molar-refractivity contribution in [3.05, 3.63) is 30.3 Å². The smallest absolute Gasteiger partial charge is 0.118 e. The minimum atomic E-state index is 0.283. The lowest BCUT2D eigenvalue weighted by atomic mass is 10.2. The first kappa shape index (κ1) is 14.9. The Balaban J connectivity index is 0.000000281. The molecule has 0 fully saturated rings. The zero-order chi connectivity index (χ0) is 12.1. The van der Waals surface area contributed by atoms with Gasteiger partial charge in [-0.2, -0.15) is 0 Å². The molecule has 16 heavy (non-hydrogen) atoms. The molecule has 0 saturated carbocycles. The fourth-order valence-corrected chi connectivity index (χ4v) is 1.13. The van der Waals surface area contributed by atoms with Gasteiger partial charge in [0, 0.05) is 13.2 Å². The lowest BCUT2D eigenvalue weighted by Crippen LogP contribution is -1.85. The van der Waals surface area contributed by atoms with E-state index in [0.717, 1.165) is 31.4 Å². The van der Waals surface area contributed by atoms with Gasteiger partial charge in [-0.3, -0.25) is 0 Å². The first-order valence-electron chi connectivity index (χ1n) is 5.66. The van der Waals surface area contributed by atoms with Crippen molar-refractivity contribution in [2.45, 2.75) is 25.7 Å². The molecule has 0 atom stereocenters. The topological polar surface area (TPSA) is 49.7 Å². The molecule has 3 heteroatoms. The van der Waals surface area contributed by atoms with Gasteiger partial charge in [-0.15, -0.1) is 0 Å². The molecule has 0 heterocycles. The van der Waals surface area contributed by atoms with E-state index in [0.29, 0.717) is 0 Å². The first-order chi connectivity index (χ1) is 7.85. The van der Waals surface area contributed by atoms with Gasteiger partial charge in [0.15, 0.2) is 0 Å². The Labute approximate surface area is 97.7 Å². The summed E-state index contributed by atoms with van der Waals surface area (Å²) in [5, 5.41) is 16.6. The number of rotatable bonds is 6. The summed E-state index contributed by atoms with van der Waals surface area (Å²) in [6, 6.07) is 9.68. The van der Waals surface area contributed by atoms with Crippen molar-refractivity contribution >= 4 is 0 Å². The lowest BCUT2D eigenvalue weighted by Gasteiger charge is -1.93. The van der Waals surface area contributed by atoms with E-state index in [9.17, 15) is 0 Å². The number of benzene rings is 1. The summed E-state index contributed by atoms with van der Waals surface area (Å²) in [7, 11) is 1.66. The van der Waals surface area contributed by atoms with Crippen LogP contribution in [-0.2, 0) is 0 Å². The highest BCUT2D eigenvalue weighted by molar-refractivity contribution is 5.20. The van der Waals surface area contributed by atoms with Gasteiger partial charge in [0.2, 0.25) is 0 Å². The van der Waals surface area contributed by atoms with Crippen LogP contribution in [0.2, 0.25) is 0 Å². The molecule has 92 valence electrons. The molecule has 3 nitrogen and oxygen atoms in total. The van der Waals surface area contributed by atoms with Crippen molar-refractivity contribution in [2.24, 2.45) is 0 Å². The molecule has 1 rings (SSSR count). The number of aliphatic hydroxyl groups is 2. The van der Waals surface area contributed by atoms with E-state index in [1.165, 1.54) is 0 Å². The Kier molecular flexibility index (Phi) is 11.2. The van der Waals surface area contributed by atoms with Gasteiger partial charge in [0.1, 0.15) is 5.75 Å². The third-order valence-corrected chi connectivity index (χ3v) is 2.05. The van der Waals surface area contributed by atoms with Gasteiger partial charge >= 0.3 is 0 Å². The molecule has 0 bridgehead atoms. The van der Waals surface area contributed by atoms with Gasteiger partial charge in [-0.25, -0.2) is 0 Å². The van der Waals surface area contributed by atoms with E-state index in [1.54, 1.807) is 7.11 Å². The van der Waals surface area contributed by atoms with E-state index in [4.69, 9.17) is 14.9 Å². The lowest BCUT2D eigenvalue weighted by molar-refractivity contribution is 0.265. The van der Waals surface area contributed by atoms with Gasteiger partial charge in [-0.05, 0) is 25.0 Å². The number of hydrogen-bond acceptors (Lipinski definition) is 3. The Morgan fingerprint density at radius 1 is 0.875 bits per heavy atom. The average Bonchev–Trinajstić information content (AvgIpc) is 2.36. The molecule has 1 aromatic rings. The van der Waals surface area contributed by atoms with E-state index in [-0.39, 0.29) is 13.2 Å². The maximum absolute atomic E-state index is 8.30. The molecule has 0 aliphatic rings. The minimum Gasteiger partial charge on any atom is -0.497 e. The molecule has 0 aromatic heterocycles. The number of methoxy groups -OCH3 is 1. The first-order valence-corrected chi connectivity index (χ1v) is 5.66. The van der Waals surface area contributed by atoms with Crippen molar-refractivity contribution in [1.29, 1.82) is 0 Å². The fourth-order valence-electron chi connectivity index (χ4n) is 1.13. The van der Waals surface area contributed by atoms with Crippen LogP contribution in [0.15, 0.2) is 30.3 Å². The van der Waals surface area contributed by atoms with Crippen LogP contribution >= 0.6 is 0 Å². The van der Waals surface area contributed by atoms with Crippen molar-refractivity contribution in [3.8, 4) is 5.75 Å². The van der Waals surface area contributed by atoms with Crippen molar-refractivity contribution in [1.82, 2.24) is 0 Å². The summed E-state index contributed by atoms with van der Waals surface area (Å²) >= 11 is 0. The Morgan fingerprint density at radius 2 is 1.38 bits per heavy atom. The molecule has 1 aromatic carbocycles. The Bertz CT molecular complexity index is 218. The van der Waals surface area contributed by atoms with Crippen LogP contribution in [0.5, 0.6) is 5.75 Å². The molecule has 0 amide bonds. The third-order valence-electron chi connectivity index (χ3n) is 2.05. The number of unbranched alkanes of at least 4 members (excludes halogenated alkanes) is 3. The zero-order valence-electron chi connectivity index (χ0n) is 9.93. The molecule has 2 N–H and O–H groups in total. The highest BCUT2D eigenvalue weighted by atomic mass is 16.5. The maximum Gasteiger partial charge on any atom is 0.118 e. The van der Waals surface area contributed by atoms with Crippen LogP contribution in [0.1, 0.15) is 25.7 Å². The average molecular weight is 226 g/mol. The van der Waals surface area contributed by atoms with Crippen LogP contribution in [0.25, 0.3) is 0 Å². The molecule has 0 aliphatic carbocycles. The molecule has 0 aliphatic heterocycles. The second-order valence-electron chi connectivity index (χ2n) is 3.38. The Hall–Kier alpha value is -1.06. The largest absolute Gasteiger partial charge is 0.497 e. The number of ether oxygens (including phenoxy) is 1. The van der Waals surface area contributed by atoms with Gasteiger partial charge in [0.05, 0.1) is 7.11 Å². The van der Waals surface area contributed by atoms with E-state index < -0.39 is 0 Å². The number of para-hydroxylation sites is 1. The molecular weight excluding hydrogens is 204 g/mol. The van der Waals surface area contributed by atoms with Gasteiger partial charge < -0.3 is 14.9 Å². The van der Waals surface area contributed by atoms with E-state index in [1.807, 2.05) is 30.3 Å². The van der Waals surface area contributed by atoms with E-state index in [2.05, 4.69) is 0 Å². The highest BCUT2D eigenvalue weighted by Gasteiger charge is 1.84. The zero-order valence-corrected chi connectivity index (χ0v) is 9.93. The molecular formula is C13H22O3. The second-order valence-corrected chi connectivity index (χ2v) is 3.38. The normalized spacial score (nSPS) is 9.19. The standard InChI is InChI=1S/C7H8O.C6H14O2/c1-8-7-5-3-2-4-6-7;7-5-3-1-2-4-6-8/h2-6H,1H3;7-8H,1-6H2. The van der Waals surface area contributed by atoms with Gasteiger partial charge in [-0.1, -0.05) is 31.0 Å². The van der Waals surface area contributed by atoms with Crippen LogP contribution < -0.4 is 4.74 Å². The summed E-state index contributed by atoms with van der Waals surface area (Å²) in [6.45, 7) is 0.566. The van der Waals surface area contributed by atoms with Crippen molar-refractivity contribution in [3.63, 3.8) is 0 Å². The summed E-state index contributed by atoms with van der Waals surface area (Å²) in [5.41, 5.74) is 0. The molecule has 0 unspecified atom stereocenters. The predicted molar refractivity (Wildman–Crippen MR) is 65.6 cm³/mol. The monoisotopic (exact) mass is 226 g/mol. The van der Waals surface area contributed by atoms with Crippen molar-refractivity contribution < 1.29 is 14.9 Å². The van der Waals surface area contributed by atoms with Crippen LogP contribution in [0.4, 0.5) is 0 Å².